The molecule has 0 heterocycles. The van der Waals surface area contributed by atoms with Crippen LogP contribution in [0.2, 0.25) is 0 Å². The number of nitrogens with zero attached hydrogens (tertiary/aromatic N) is 1. The van der Waals surface area contributed by atoms with Gasteiger partial charge in [0.15, 0.2) is 12.1 Å². The van der Waals surface area contributed by atoms with Crippen LogP contribution in [0.25, 0.3) is 0 Å². The van der Waals surface area contributed by atoms with Crippen LogP contribution in [0, 0.1) is 22.7 Å². The summed E-state index contributed by atoms with van der Waals surface area (Å²) in [6.45, 7) is 16.6. The van der Waals surface area contributed by atoms with Gasteiger partial charge in [0.25, 0.3) is 0 Å². The van der Waals surface area contributed by atoms with E-state index in [9.17, 15) is 9.59 Å². The van der Waals surface area contributed by atoms with E-state index in [-0.39, 0.29) is 5.78 Å². The number of carbonyl (C=O) groups excluding carboxylic acids is 2. The number of nitriles is 1. The van der Waals surface area contributed by atoms with Crippen molar-refractivity contribution >= 4 is 23.7 Å². The van der Waals surface area contributed by atoms with Crippen LogP contribution in [0.1, 0.15) is 70.3 Å². The molecule has 0 amide bonds. The van der Waals surface area contributed by atoms with Crippen molar-refractivity contribution in [2.45, 2.75) is 60.9 Å². The molecule has 1 atom stereocenters. The summed E-state index contributed by atoms with van der Waals surface area (Å²) in [5.74, 6) is 0.449. The maximum absolute atomic E-state index is 11.3. The standard InChI is InChI=1S/C15H19Cl.C12H13NO2.C3H6N2.C2H6/c1-4-5-14(15(3)8-9-15)13-7-6-12(16)10-11(13)2;1-9(8-14)13-7-11-5-3-4-6-12(11)10(2)15;1-5-3-2-4;1-2/h4-7,10-11H,8-9H2,1-3H3;3-6,8,13H,1,7H2,2H3;5H,3H2,1H3;1-2H3/b5-4-,14-13+;;;. The molecule has 206 valence electrons. The van der Waals surface area contributed by atoms with Crippen molar-refractivity contribution < 1.29 is 9.59 Å². The molecule has 1 aromatic rings. The summed E-state index contributed by atoms with van der Waals surface area (Å²) in [5, 5.41) is 14.1. The number of hydrogen-bond acceptors (Lipinski definition) is 5. The zero-order valence-corrected chi connectivity index (χ0v) is 24.8. The average molecular weight is 538 g/mol. The molecular weight excluding hydrogens is 494 g/mol. The summed E-state index contributed by atoms with van der Waals surface area (Å²) < 4.78 is 0. The molecule has 0 spiro atoms. The number of benzene rings is 1. The van der Waals surface area contributed by atoms with E-state index in [1.165, 1.54) is 30.9 Å². The van der Waals surface area contributed by atoms with E-state index in [1.54, 1.807) is 13.1 Å². The molecule has 5 nitrogen and oxygen atoms in total. The fourth-order valence-corrected chi connectivity index (χ4v) is 3.91. The molecule has 38 heavy (non-hydrogen) atoms. The molecule has 1 saturated carbocycles. The maximum Gasteiger partial charge on any atom is 0.165 e. The number of ketones is 1. The Kier molecular flexibility index (Phi) is 17.4. The lowest BCUT2D eigenvalue weighted by Gasteiger charge is -2.21. The smallest absolute Gasteiger partial charge is 0.165 e. The molecule has 1 aromatic carbocycles. The van der Waals surface area contributed by atoms with Gasteiger partial charge in [0.05, 0.1) is 18.3 Å². The van der Waals surface area contributed by atoms with Gasteiger partial charge in [0, 0.05) is 23.1 Å². The van der Waals surface area contributed by atoms with Crippen LogP contribution in [0.15, 0.2) is 83.1 Å². The maximum atomic E-state index is 11.3. The van der Waals surface area contributed by atoms with Gasteiger partial charge in [-0.2, -0.15) is 5.26 Å². The van der Waals surface area contributed by atoms with Crippen molar-refractivity contribution in [3.05, 3.63) is 94.2 Å². The largest absolute Gasteiger partial charge is 0.379 e. The van der Waals surface area contributed by atoms with Crippen LogP contribution in [0.4, 0.5) is 0 Å². The predicted octanol–water partition coefficient (Wildman–Crippen LogP) is 7.43. The lowest BCUT2D eigenvalue weighted by molar-refractivity contribution is -0.105. The first-order chi connectivity index (χ1) is 18.1. The van der Waals surface area contributed by atoms with Crippen LogP contribution < -0.4 is 10.6 Å². The molecule has 2 N–H and O–H groups in total. The van der Waals surface area contributed by atoms with Crippen LogP contribution in [0.3, 0.4) is 0 Å². The lowest BCUT2D eigenvalue weighted by atomic mass is 9.84. The number of Topliss-reactive ketones (excluding diaryl/α,β-unsaturated/α-hetero) is 1. The van der Waals surface area contributed by atoms with E-state index in [0.29, 0.717) is 42.0 Å². The van der Waals surface area contributed by atoms with E-state index in [2.05, 4.69) is 62.3 Å². The van der Waals surface area contributed by atoms with Crippen LogP contribution >= 0.6 is 11.6 Å². The van der Waals surface area contributed by atoms with Gasteiger partial charge in [-0.3, -0.25) is 9.59 Å². The molecular formula is C32H44ClN3O2. The van der Waals surface area contributed by atoms with Gasteiger partial charge in [-0.05, 0) is 61.9 Å². The number of carbonyl (C=O) groups is 2. The molecule has 3 rings (SSSR count). The Morgan fingerprint density at radius 3 is 2.34 bits per heavy atom. The molecule has 0 radical (unpaired) electrons. The summed E-state index contributed by atoms with van der Waals surface area (Å²) in [4.78, 5) is 21.6. The minimum absolute atomic E-state index is 0.0177. The van der Waals surface area contributed by atoms with Gasteiger partial charge in [-0.15, -0.1) is 0 Å². The van der Waals surface area contributed by atoms with Crippen molar-refractivity contribution in [2.75, 3.05) is 13.6 Å². The normalized spacial score (nSPS) is 17.6. The summed E-state index contributed by atoms with van der Waals surface area (Å²) in [5.41, 5.74) is 5.20. The first-order valence-electron chi connectivity index (χ1n) is 13.0. The third-order valence-corrected chi connectivity index (χ3v) is 6.17. The van der Waals surface area contributed by atoms with Crippen molar-refractivity contribution in [3.8, 4) is 6.07 Å². The van der Waals surface area contributed by atoms with Gasteiger partial charge < -0.3 is 10.6 Å². The van der Waals surface area contributed by atoms with Crippen LogP contribution in [0.5, 0.6) is 0 Å². The molecule has 0 bridgehead atoms. The fraction of sp³-hybridized carbons (Fsp3) is 0.406. The Hall–Kier alpha value is -3.20. The first-order valence-corrected chi connectivity index (χ1v) is 13.4. The van der Waals surface area contributed by atoms with Gasteiger partial charge in [0.1, 0.15) is 0 Å². The van der Waals surface area contributed by atoms with E-state index >= 15 is 0 Å². The first kappa shape index (κ1) is 34.8. The van der Waals surface area contributed by atoms with Gasteiger partial charge in [0.2, 0.25) is 0 Å². The van der Waals surface area contributed by atoms with Crippen molar-refractivity contribution in [1.29, 1.82) is 5.26 Å². The molecule has 0 aliphatic heterocycles. The third kappa shape index (κ3) is 12.4. The summed E-state index contributed by atoms with van der Waals surface area (Å²) in [6, 6.07) is 9.19. The summed E-state index contributed by atoms with van der Waals surface area (Å²) in [7, 11) is 1.74. The number of rotatable bonds is 8. The average Bonchev–Trinajstić information content (AvgIpc) is 3.66. The molecule has 0 aromatic heterocycles. The van der Waals surface area contributed by atoms with Crippen molar-refractivity contribution in [2.24, 2.45) is 11.3 Å². The molecule has 1 unspecified atom stereocenters. The second-order valence-corrected chi connectivity index (χ2v) is 9.44. The summed E-state index contributed by atoms with van der Waals surface area (Å²) in [6.07, 6.45) is 14.0. The number of allylic oxidation sites excluding steroid dienone is 9. The second-order valence-electron chi connectivity index (χ2n) is 9.00. The van der Waals surface area contributed by atoms with E-state index < -0.39 is 0 Å². The molecule has 2 aliphatic rings. The minimum Gasteiger partial charge on any atom is -0.379 e. The quantitative estimate of drug-likeness (QED) is 0.156. The highest BCUT2D eigenvalue weighted by Gasteiger charge is 2.41. The topological polar surface area (TPSA) is 82.0 Å². The van der Waals surface area contributed by atoms with Crippen LogP contribution in [-0.2, 0) is 11.3 Å². The fourth-order valence-electron chi connectivity index (χ4n) is 3.66. The highest BCUT2D eigenvalue weighted by Crippen LogP contribution is 2.54. The monoisotopic (exact) mass is 537 g/mol. The van der Waals surface area contributed by atoms with Gasteiger partial charge in [-0.1, -0.05) is 94.4 Å². The SMILES string of the molecule is C/C=C\C(=C1\C=CC(Cl)=CC1C)C1(C)CC1.C=C(C=O)NCc1ccccc1C(C)=O.CC.CNCC#N. The number of hydrogen-bond donors (Lipinski definition) is 2. The predicted molar refractivity (Wildman–Crippen MR) is 161 cm³/mol. The van der Waals surface area contributed by atoms with Gasteiger partial charge >= 0.3 is 0 Å². The minimum atomic E-state index is 0.0177. The van der Waals surface area contributed by atoms with E-state index in [4.69, 9.17) is 16.9 Å². The summed E-state index contributed by atoms with van der Waals surface area (Å²) >= 11 is 6.02. The number of halogens is 1. The Morgan fingerprint density at radius 2 is 1.89 bits per heavy atom. The van der Waals surface area contributed by atoms with E-state index in [0.717, 1.165) is 10.6 Å². The number of aldehydes is 1. The molecule has 2 aliphatic carbocycles. The zero-order chi connectivity index (χ0) is 29.1. The second kappa shape index (κ2) is 19.0. The highest BCUT2D eigenvalue weighted by atomic mass is 35.5. The molecule has 6 heteroatoms. The van der Waals surface area contributed by atoms with Crippen molar-refractivity contribution in [3.63, 3.8) is 0 Å². The lowest BCUT2D eigenvalue weighted by Crippen LogP contribution is -2.14. The Labute approximate surface area is 235 Å². The van der Waals surface area contributed by atoms with Crippen molar-refractivity contribution in [1.82, 2.24) is 10.6 Å². The Bertz CT molecular complexity index is 1090. The van der Waals surface area contributed by atoms with E-state index in [1.807, 2.05) is 44.2 Å². The number of nitrogens with one attached hydrogen (secondary N) is 2. The van der Waals surface area contributed by atoms with Gasteiger partial charge in [-0.25, -0.2) is 0 Å². The Morgan fingerprint density at radius 1 is 1.26 bits per heavy atom. The van der Waals surface area contributed by atoms with Crippen LogP contribution in [-0.4, -0.2) is 25.7 Å². The third-order valence-electron chi connectivity index (χ3n) is 5.92. The molecule has 0 saturated heterocycles. The Balaban J connectivity index is 0.000000582. The zero-order valence-electron chi connectivity index (χ0n) is 24.0. The molecule has 1 fully saturated rings. The highest BCUT2D eigenvalue weighted by molar-refractivity contribution is 6.31.